The molecule has 0 aliphatic heterocycles. The Labute approximate surface area is 205 Å². The lowest BCUT2D eigenvalue weighted by Gasteiger charge is -2.11. The molecule has 0 unspecified atom stereocenters. The molecule has 0 bridgehead atoms. The van der Waals surface area contributed by atoms with Crippen molar-refractivity contribution in [3.05, 3.63) is 99.6 Å². The SMILES string of the molecule is CNC(=O)c1ccc(N=Nc2c(O)c(C(=O)Nc3cccc([N+](=O)[O-])c3)cc3ccccc23)c(C)c1. The van der Waals surface area contributed by atoms with Crippen LogP contribution in [0.5, 0.6) is 5.75 Å². The van der Waals surface area contributed by atoms with Gasteiger partial charge in [0, 0.05) is 35.8 Å². The molecule has 0 spiro atoms. The van der Waals surface area contributed by atoms with E-state index in [1.165, 1.54) is 30.3 Å². The second-order valence-corrected chi connectivity index (χ2v) is 7.88. The van der Waals surface area contributed by atoms with Crippen LogP contribution in [0.1, 0.15) is 26.3 Å². The van der Waals surface area contributed by atoms with E-state index in [1.54, 1.807) is 56.4 Å². The molecule has 0 atom stereocenters. The van der Waals surface area contributed by atoms with Crippen LogP contribution in [0.15, 0.2) is 83.0 Å². The molecule has 4 rings (SSSR count). The average molecular weight is 483 g/mol. The third-order valence-electron chi connectivity index (χ3n) is 5.50. The monoisotopic (exact) mass is 483 g/mol. The van der Waals surface area contributed by atoms with E-state index in [0.29, 0.717) is 27.6 Å². The fraction of sp³-hybridized carbons (Fsp3) is 0.0769. The van der Waals surface area contributed by atoms with Crippen molar-refractivity contribution in [3.8, 4) is 5.75 Å². The molecule has 4 aromatic rings. The lowest BCUT2D eigenvalue weighted by atomic mass is 10.0. The first-order chi connectivity index (χ1) is 17.3. The largest absolute Gasteiger partial charge is 0.505 e. The van der Waals surface area contributed by atoms with Crippen molar-refractivity contribution in [1.82, 2.24) is 5.32 Å². The number of aromatic hydroxyl groups is 1. The third-order valence-corrected chi connectivity index (χ3v) is 5.50. The summed E-state index contributed by atoms with van der Waals surface area (Å²) in [6.07, 6.45) is 0. The summed E-state index contributed by atoms with van der Waals surface area (Å²) >= 11 is 0. The number of aryl methyl sites for hydroxylation is 1. The number of hydrogen-bond donors (Lipinski definition) is 3. The Kier molecular flexibility index (Phi) is 6.68. The summed E-state index contributed by atoms with van der Waals surface area (Å²) in [6.45, 7) is 1.78. The maximum Gasteiger partial charge on any atom is 0.271 e. The molecule has 10 nitrogen and oxygen atoms in total. The summed E-state index contributed by atoms with van der Waals surface area (Å²) < 4.78 is 0. The van der Waals surface area contributed by atoms with E-state index in [-0.39, 0.29) is 34.3 Å². The minimum Gasteiger partial charge on any atom is -0.505 e. The van der Waals surface area contributed by atoms with Crippen LogP contribution in [0.25, 0.3) is 10.8 Å². The average Bonchev–Trinajstić information content (AvgIpc) is 2.88. The van der Waals surface area contributed by atoms with Crippen LogP contribution in [0.4, 0.5) is 22.7 Å². The van der Waals surface area contributed by atoms with Crippen molar-refractivity contribution in [2.75, 3.05) is 12.4 Å². The highest BCUT2D eigenvalue weighted by atomic mass is 16.6. The topological polar surface area (TPSA) is 146 Å². The van der Waals surface area contributed by atoms with Gasteiger partial charge in [-0.2, -0.15) is 5.11 Å². The third kappa shape index (κ3) is 4.87. The van der Waals surface area contributed by atoms with E-state index >= 15 is 0 Å². The maximum absolute atomic E-state index is 13.0. The van der Waals surface area contributed by atoms with Gasteiger partial charge in [0.1, 0.15) is 5.69 Å². The van der Waals surface area contributed by atoms with E-state index < -0.39 is 10.8 Å². The zero-order valence-corrected chi connectivity index (χ0v) is 19.4. The van der Waals surface area contributed by atoms with Crippen LogP contribution in [0.3, 0.4) is 0 Å². The predicted octanol–water partition coefficient (Wildman–Crippen LogP) is 5.79. The number of hydrogen-bond acceptors (Lipinski definition) is 7. The number of rotatable bonds is 6. The number of phenolic OH excluding ortho intramolecular Hbond substituents is 1. The number of nitro benzene ring substituents is 1. The Bertz CT molecular complexity index is 1550. The predicted molar refractivity (Wildman–Crippen MR) is 135 cm³/mol. The van der Waals surface area contributed by atoms with Gasteiger partial charge in [-0.15, -0.1) is 5.11 Å². The maximum atomic E-state index is 13.0. The van der Waals surface area contributed by atoms with Gasteiger partial charge in [-0.05, 0) is 48.2 Å². The molecule has 10 heteroatoms. The minimum atomic E-state index is -0.665. The van der Waals surface area contributed by atoms with Crippen LogP contribution in [0.2, 0.25) is 0 Å². The van der Waals surface area contributed by atoms with E-state index in [0.717, 1.165) is 0 Å². The number of phenols is 1. The molecule has 0 fully saturated rings. The second-order valence-electron chi connectivity index (χ2n) is 7.88. The Hall–Kier alpha value is -5.12. The molecule has 0 saturated heterocycles. The zero-order chi connectivity index (χ0) is 25.8. The highest BCUT2D eigenvalue weighted by Crippen LogP contribution is 2.40. The molecule has 180 valence electrons. The zero-order valence-electron chi connectivity index (χ0n) is 19.4. The summed E-state index contributed by atoms with van der Waals surface area (Å²) in [6, 6.07) is 19.0. The summed E-state index contributed by atoms with van der Waals surface area (Å²) in [5.41, 5.74) is 1.70. The highest BCUT2D eigenvalue weighted by Gasteiger charge is 2.19. The smallest absolute Gasteiger partial charge is 0.271 e. The molecular weight excluding hydrogens is 462 g/mol. The number of nitrogens with zero attached hydrogens (tertiary/aromatic N) is 3. The van der Waals surface area contributed by atoms with Gasteiger partial charge in [-0.25, -0.2) is 0 Å². The van der Waals surface area contributed by atoms with Crippen LogP contribution in [-0.4, -0.2) is 28.9 Å². The van der Waals surface area contributed by atoms with Crippen LogP contribution in [0, 0.1) is 17.0 Å². The van der Waals surface area contributed by atoms with Gasteiger partial charge >= 0.3 is 0 Å². The van der Waals surface area contributed by atoms with Crippen molar-refractivity contribution >= 4 is 45.3 Å². The van der Waals surface area contributed by atoms with Crippen molar-refractivity contribution < 1.29 is 19.6 Å². The van der Waals surface area contributed by atoms with Gasteiger partial charge in [0.25, 0.3) is 17.5 Å². The Morgan fingerprint density at radius 1 is 0.944 bits per heavy atom. The number of fused-ring (bicyclic) bond motifs is 1. The standard InChI is InChI=1S/C26H21N5O5/c1-15-12-17(25(33)27-2)10-11-22(15)29-30-23-20-9-4-3-6-16(20)13-21(24(23)32)26(34)28-18-7-5-8-19(14-18)31(35)36/h3-14,32H,1-2H3,(H,27,33)(H,28,34). The molecule has 0 heterocycles. The van der Waals surface area contributed by atoms with E-state index in [4.69, 9.17) is 0 Å². The molecular formula is C26H21N5O5. The van der Waals surface area contributed by atoms with Gasteiger partial charge < -0.3 is 15.7 Å². The van der Waals surface area contributed by atoms with Gasteiger partial charge in [0.15, 0.2) is 5.75 Å². The molecule has 36 heavy (non-hydrogen) atoms. The summed E-state index contributed by atoms with van der Waals surface area (Å²) in [7, 11) is 1.54. The van der Waals surface area contributed by atoms with Crippen molar-refractivity contribution in [2.45, 2.75) is 6.92 Å². The van der Waals surface area contributed by atoms with Gasteiger partial charge in [0.05, 0.1) is 16.2 Å². The molecule has 0 aliphatic rings. The van der Waals surface area contributed by atoms with Gasteiger partial charge in [-0.1, -0.05) is 30.3 Å². The van der Waals surface area contributed by atoms with E-state index in [1.807, 2.05) is 0 Å². The first-order valence-corrected chi connectivity index (χ1v) is 10.8. The summed E-state index contributed by atoms with van der Waals surface area (Å²) in [5, 5.41) is 36.9. The molecule has 0 radical (unpaired) electrons. The van der Waals surface area contributed by atoms with Crippen LogP contribution in [-0.2, 0) is 0 Å². The summed E-state index contributed by atoms with van der Waals surface area (Å²) in [5.74, 6) is -1.28. The number of nitrogens with one attached hydrogen (secondary N) is 2. The molecule has 2 amide bonds. The Morgan fingerprint density at radius 3 is 2.44 bits per heavy atom. The molecule has 3 N–H and O–H groups in total. The lowest BCUT2D eigenvalue weighted by Crippen LogP contribution is -2.17. The normalized spacial score (nSPS) is 10.9. The minimum absolute atomic E-state index is 0.0687. The fourth-order valence-corrected chi connectivity index (χ4v) is 3.64. The number of nitro groups is 1. The number of azo groups is 1. The molecule has 0 saturated carbocycles. The lowest BCUT2D eigenvalue weighted by molar-refractivity contribution is -0.384. The molecule has 4 aromatic carbocycles. The number of benzene rings is 4. The number of carbonyl (C=O) groups is 2. The first-order valence-electron chi connectivity index (χ1n) is 10.8. The Morgan fingerprint density at radius 2 is 1.72 bits per heavy atom. The van der Waals surface area contributed by atoms with Gasteiger partial charge in [-0.3, -0.25) is 19.7 Å². The number of carbonyl (C=O) groups excluding carboxylic acids is 2. The number of amides is 2. The second kappa shape index (κ2) is 10.0. The number of non-ortho nitro benzene ring substituents is 1. The van der Waals surface area contributed by atoms with Gasteiger partial charge in [0.2, 0.25) is 0 Å². The first kappa shape index (κ1) is 24.0. The Balaban J connectivity index is 1.73. The highest BCUT2D eigenvalue weighted by molar-refractivity contribution is 6.11. The van der Waals surface area contributed by atoms with Crippen molar-refractivity contribution in [3.63, 3.8) is 0 Å². The van der Waals surface area contributed by atoms with Crippen LogP contribution >= 0.6 is 0 Å². The van der Waals surface area contributed by atoms with Crippen molar-refractivity contribution in [1.29, 1.82) is 0 Å². The summed E-state index contributed by atoms with van der Waals surface area (Å²) in [4.78, 5) is 35.4. The van der Waals surface area contributed by atoms with Crippen molar-refractivity contribution in [2.24, 2.45) is 10.2 Å². The fourth-order valence-electron chi connectivity index (χ4n) is 3.64. The molecule has 0 aliphatic carbocycles. The molecule has 0 aromatic heterocycles. The van der Waals surface area contributed by atoms with Crippen LogP contribution < -0.4 is 10.6 Å². The number of anilines is 1. The van der Waals surface area contributed by atoms with E-state index in [2.05, 4.69) is 20.9 Å². The van der Waals surface area contributed by atoms with E-state index in [9.17, 15) is 24.8 Å². The quantitative estimate of drug-likeness (QED) is 0.180.